The van der Waals surface area contributed by atoms with Crippen LogP contribution in [0.4, 0.5) is 10.2 Å². The SMILES string of the molecule is CC(C)OP1(=O)OC[C@H]2O[C@@H](n3cnc4c(N)nc(F)nc43)[C@@H](O)[C@@H]2O1. The zero-order valence-electron chi connectivity index (χ0n) is 13.9. The molecule has 2 saturated heterocycles. The summed E-state index contributed by atoms with van der Waals surface area (Å²) in [6, 6.07) is 0. The summed E-state index contributed by atoms with van der Waals surface area (Å²) in [5.74, 6) is -0.134. The highest BCUT2D eigenvalue weighted by Gasteiger charge is 2.53. The number of nitrogen functional groups attached to an aromatic ring is 1. The zero-order valence-corrected chi connectivity index (χ0v) is 14.7. The second-order valence-corrected chi connectivity index (χ2v) is 7.80. The number of nitrogens with zero attached hydrogens (tertiary/aromatic N) is 4. The number of aliphatic hydroxyl groups is 1. The van der Waals surface area contributed by atoms with Crippen LogP contribution in [0.25, 0.3) is 11.2 Å². The first-order chi connectivity index (χ1) is 12.3. The van der Waals surface area contributed by atoms with Gasteiger partial charge >= 0.3 is 13.9 Å². The van der Waals surface area contributed by atoms with Gasteiger partial charge in [-0.1, -0.05) is 0 Å². The van der Waals surface area contributed by atoms with Gasteiger partial charge in [0.2, 0.25) is 0 Å². The molecule has 0 saturated carbocycles. The Labute approximate surface area is 146 Å². The highest BCUT2D eigenvalue weighted by molar-refractivity contribution is 7.48. The van der Waals surface area contributed by atoms with E-state index in [1.54, 1.807) is 13.8 Å². The second kappa shape index (κ2) is 6.19. The van der Waals surface area contributed by atoms with Crippen LogP contribution in [0, 0.1) is 6.08 Å². The Kier molecular flexibility index (Phi) is 4.21. The number of imidazole rings is 1. The van der Waals surface area contributed by atoms with Crippen LogP contribution in [-0.4, -0.2) is 55.6 Å². The molecule has 2 aliphatic rings. The summed E-state index contributed by atoms with van der Waals surface area (Å²) in [6.07, 6.45) is -4.05. The largest absolute Gasteiger partial charge is 0.475 e. The van der Waals surface area contributed by atoms with E-state index < -0.39 is 44.5 Å². The number of halogens is 1. The smallest absolute Gasteiger partial charge is 0.386 e. The molecule has 142 valence electrons. The molecule has 2 aromatic heterocycles. The number of hydrogen-bond donors (Lipinski definition) is 2. The van der Waals surface area contributed by atoms with E-state index in [-0.39, 0.29) is 23.6 Å². The van der Waals surface area contributed by atoms with Crippen molar-refractivity contribution in [2.45, 2.75) is 44.5 Å². The van der Waals surface area contributed by atoms with E-state index in [0.717, 1.165) is 0 Å². The molecule has 0 amide bonds. The highest BCUT2D eigenvalue weighted by Crippen LogP contribution is 2.57. The van der Waals surface area contributed by atoms with E-state index in [2.05, 4.69) is 15.0 Å². The Morgan fingerprint density at radius 3 is 3.00 bits per heavy atom. The van der Waals surface area contributed by atoms with E-state index in [9.17, 15) is 14.1 Å². The summed E-state index contributed by atoms with van der Waals surface area (Å²) >= 11 is 0. The van der Waals surface area contributed by atoms with Crippen molar-refractivity contribution in [1.82, 2.24) is 19.5 Å². The first-order valence-corrected chi connectivity index (χ1v) is 9.34. The number of aromatic nitrogens is 4. The zero-order chi connectivity index (χ0) is 18.6. The number of anilines is 1. The van der Waals surface area contributed by atoms with E-state index in [4.69, 9.17) is 24.0 Å². The van der Waals surface area contributed by atoms with Gasteiger partial charge in [0, 0.05) is 0 Å². The predicted octanol–water partition coefficient (Wildman–Crippen LogP) is 0.754. The molecule has 0 aliphatic carbocycles. The first-order valence-electron chi connectivity index (χ1n) is 7.88. The lowest BCUT2D eigenvalue weighted by Gasteiger charge is -2.31. The number of nitrogens with two attached hydrogens (primary N) is 1. The quantitative estimate of drug-likeness (QED) is 0.570. The summed E-state index contributed by atoms with van der Waals surface area (Å²) < 4.78 is 48.8. The molecular weight excluding hydrogens is 372 g/mol. The number of fused-ring (bicyclic) bond motifs is 2. The molecule has 11 nitrogen and oxygen atoms in total. The molecule has 3 N–H and O–H groups in total. The number of rotatable bonds is 3. The molecule has 5 atom stereocenters. The summed E-state index contributed by atoms with van der Waals surface area (Å²) in [5, 5.41) is 10.6. The van der Waals surface area contributed by atoms with Crippen molar-refractivity contribution in [3.8, 4) is 0 Å². The van der Waals surface area contributed by atoms with Gasteiger partial charge in [-0.3, -0.25) is 18.1 Å². The van der Waals surface area contributed by atoms with E-state index in [1.807, 2.05) is 0 Å². The molecular formula is C13H17FN5O6P. The number of phosphoric ester groups is 1. The van der Waals surface area contributed by atoms with Gasteiger partial charge in [-0.2, -0.15) is 14.4 Å². The predicted molar refractivity (Wildman–Crippen MR) is 84.3 cm³/mol. The van der Waals surface area contributed by atoms with Gasteiger partial charge in [0.1, 0.15) is 18.3 Å². The minimum Gasteiger partial charge on any atom is -0.386 e. The monoisotopic (exact) mass is 389 g/mol. The second-order valence-electron chi connectivity index (χ2n) is 6.22. The van der Waals surface area contributed by atoms with Gasteiger partial charge in [-0.15, -0.1) is 0 Å². The Hall–Kier alpha value is -1.69. The van der Waals surface area contributed by atoms with Crippen molar-refractivity contribution >= 4 is 24.8 Å². The fourth-order valence-corrected chi connectivity index (χ4v) is 4.54. The molecule has 4 heterocycles. The first kappa shape index (κ1) is 17.7. The van der Waals surface area contributed by atoms with Crippen molar-refractivity contribution in [2.75, 3.05) is 12.3 Å². The van der Waals surface area contributed by atoms with E-state index in [0.29, 0.717) is 0 Å². The summed E-state index contributed by atoms with van der Waals surface area (Å²) in [6.45, 7) is 3.26. The van der Waals surface area contributed by atoms with Crippen LogP contribution < -0.4 is 5.73 Å². The van der Waals surface area contributed by atoms with Crippen LogP contribution in [-0.2, 0) is 22.9 Å². The van der Waals surface area contributed by atoms with Crippen LogP contribution >= 0.6 is 7.82 Å². The molecule has 2 aromatic rings. The maximum atomic E-state index is 13.5. The number of phosphoric acid groups is 1. The van der Waals surface area contributed by atoms with Crippen LogP contribution in [0.1, 0.15) is 20.1 Å². The number of ether oxygens (including phenoxy) is 1. The van der Waals surface area contributed by atoms with Crippen LogP contribution in [0.15, 0.2) is 6.33 Å². The average molecular weight is 389 g/mol. The molecule has 0 aromatic carbocycles. The molecule has 0 radical (unpaired) electrons. The third-order valence-electron chi connectivity index (χ3n) is 3.99. The van der Waals surface area contributed by atoms with Crippen molar-refractivity contribution in [3.63, 3.8) is 0 Å². The summed E-state index contributed by atoms with van der Waals surface area (Å²) in [4.78, 5) is 11.1. The summed E-state index contributed by atoms with van der Waals surface area (Å²) in [5.41, 5.74) is 5.86. The minimum atomic E-state index is -3.81. The Balaban J connectivity index is 1.64. The average Bonchev–Trinajstić information content (AvgIpc) is 3.08. The van der Waals surface area contributed by atoms with Crippen LogP contribution in [0.2, 0.25) is 0 Å². The van der Waals surface area contributed by atoms with Crippen molar-refractivity contribution < 1.29 is 32.4 Å². The van der Waals surface area contributed by atoms with Gasteiger partial charge in [0.05, 0.1) is 19.0 Å². The lowest BCUT2D eigenvalue weighted by Crippen LogP contribution is -2.39. The molecule has 0 spiro atoms. The Morgan fingerprint density at radius 1 is 1.50 bits per heavy atom. The normalized spacial score (nSPS) is 34.5. The maximum Gasteiger partial charge on any atom is 0.475 e. The van der Waals surface area contributed by atoms with Gasteiger partial charge in [0.15, 0.2) is 23.2 Å². The van der Waals surface area contributed by atoms with E-state index in [1.165, 1.54) is 10.9 Å². The molecule has 4 rings (SSSR count). The molecule has 13 heteroatoms. The summed E-state index contributed by atoms with van der Waals surface area (Å²) in [7, 11) is -3.81. The van der Waals surface area contributed by atoms with Crippen LogP contribution in [0.3, 0.4) is 0 Å². The third kappa shape index (κ3) is 2.88. The Bertz CT molecular complexity index is 893. The molecule has 1 unspecified atom stereocenters. The maximum absolute atomic E-state index is 13.5. The topological polar surface area (TPSA) is 144 Å². The molecule has 0 bridgehead atoms. The standard InChI is InChI=1S/C13H17FN5O6P/c1-5(2)24-26(21)22-3-6-9(25-26)8(20)12(23-6)19-4-16-7-10(15)17-13(14)18-11(7)19/h4-6,8-9,12,20H,3H2,1-2H3,(H2,15,17,18)/t6-,8+,9-,12-,26?/m1/s1. The Morgan fingerprint density at radius 2 is 2.27 bits per heavy atom. The van der Waals surface area contributed by atoms with Gasteiger partial charge in [0.25, 0.3) is 0 Å². The fourth-order valence-electron chi connectivity index (χ4n) is 2.97. The number of hydrogen-bond acceptors (Lipinski definition) is 10. The minimum absolute atomic E-state index is 0.0558. The number of aliphatic hydroxyl groups excluding tert-OH is 1. The van der Waals surface area contributed by atoms with Crippen molar-refractivity contribution in [2.24, 2.45) is 0 Å². The fraction of sp³-hybridized carbons (Fsp3) is 0.615. The van der Waals surface area contributed by atoms with E-state index >= 15 is 0 Å². The van der Waals surface area contributed by atoms with Crippen molar-refractivity contribution in [3.05, 3.63) is 12.4 Å². The highest BCUT2D eigenvalue weighted by atomic mass is 31.2. The third-order valence-corrected chi connectivity index (χ3v) is 5.64. The van der Waals surface area contributed by atoms with Gasteiger partial charge < -0.3 is 15.6 Å². The van der Waals surface area contributed by atoms with Gasteiger partial charge in [-0.25, -0.2) is 9.55 Å². The van der Waals surface area contributed by atoms with Crippen LogP contribution in [0.5, 0.6) is 0 Å². The molecule has 2 fully saturated rings. The molecule has 26 heavy (non-hydrogen) atoms. The van der Waals surface area contributed by atoms with Gasteiger partial charge in [-0.05, 0) is 13.8 Å². The van der Waals surface area contributed by atoms with Crippen molar-refractivity contribution in [1.29, 1.82) is 0 Å². The molecule has 2 aliphatic heterocycles. The lowest BCUT2D eigenvalue weighted by molar-refractivity contribution is -0.0733. The lowest BCUT2D eigenvalue weighted by atomic mass is 10.1.